The highest BCUT2D eigenvalue weighted by molar-refractivity contribution is 5.75. The maximum absolute atomic E-state index is 11.5. The molecular formula is C11H20N2O3. The maximum atomic E-state index is 11.5. The van der Waals surface area contributed by atoms with Crippen molar-refractivity contribution >= 4 is 12.0 Å². The molecule has 16 heavy (non-hydrogen) atoms. The van der Waals surface area contributed by atoms with E-state index >= 15 is 0 Å². The van der Waals surface area contributed by atoms with E-state index in [2.05, 4.69) is 17.2 Å². The van der Waals surface area contributed by atoms with Crippen LogP contribution in [0.25, 0.3) is 0 Å². The Morgan fingerprint density at radius 3 is 2.50 bits per heavy atom. The van der Waals surface area contributed by atoms with Crippen molar-refractivity contribution in [1.82, 2.24) is 10.6 Å². The molecule has 0 aliphatic rings. The Morgan fingerprint density at radius 2 is 2.06 bits per heavy atom. The fourth-order valence-corrected chi connectivity index (χ4v) is 1.09. The average Bonchev–Trinajstić information content (AvgIpc) is 2.13. The van der Waals surface area contributed by atoms with Gasteiger partial charge in [0.15, 0.2) is 0 Å². The number of carbonyl (C=O) groups excluding carboxylic acids is 1. The number of carboxylic acid groups (broad SMARTS) is 1. The first kappa shape index (κ1) is 14.5. The van der Waals surface area contributed by atoms with Crippen LogP contribution in [0, 0.1) is 0 Å². The van der Waals surface area contributed by atoms with Crippen molar-refractivity contribution < 1.29 is 14.7 Å². The molecule has 92 valence electrons. The van der Waals surface area contributed by atoms with E-state index in [1.54, 1.807) is 26.8 Å². The molecule has 0 bridgehead atoms. The van der Waals surface area contributed by atoms with Gasteiger partial charge in [-0.1, -0.05) is 6.08 Å². The van der Waals surface area contributed by atoms with Gasteiger partial charge in [-0.15, -0.1) is 6.58 Å². The largest absolute Gasteiger partial charge is 0.481 e. The summed E-state index contributed by atoms with van der Waals surface area (Å²) in [6.45, 7) is 8.92. The van der Waals surface area contributed by atoms with Gasteiger partial charge in [0.25, 0.3) is 0 Å². The normalized spacial score (nSPS) is 12.7. The van der Waals surface area contributed by atoms with Crippen molar-refractivity contribution in [2.24, 2.45) is 0 Å². The van der Waals surface area contributed by atoms with Crippen molar-refractivity contribution in [1.29, 1.82) is 0 Å². The van der Waals surface area contributed by atoms with E-state index in [0.29, 0.717) is 6.42 Å². The van der Waals surface area contributed by atoms with E-state index < -0.39 is 11.5 Å². The summed E-state index contributed by atoms with van der Waals surface area (Å²) >= 11 is 0. The van der Waals surface area contributed by atoms with Gasteiger partial charge < -0.3 is 15.7 Å². The second-order valence-electron chi connectivity index (χ2n) is 4.40. The van der Waals surface area contributed by atoms with Crippen LogP contribution in [0.15, 0.2) is 12.7 Å². The Labute approximate surface area is 95.9 Å². The molecule has 0 aliphatic heterocycles. The van der Waals surface area contributed by atoms with E-state index in [4.69, 9.17) is 5.11 Å². The monoisotopic (exact) mass is 228 g/mol. The summed E-state index contributed by atoms with van der Waals surface area (Å²) in [5.74, 6) is -0.866. The average molecular weight is 228 g/mol. The van der Waals surface area contributed by atoms with Crippen molar-refractivity contribution in [3.05, 3.63) is 12.7 Å². The van der Waals surface area contributed by atoms with Crippen LogP contribution < -0.4 is 10.6 Å². The van der Waals surface area contributed by atoms with Crippen LogP contribution in [0.3, 0.4) is 0 Å². The number of hydrogen-bond acceptors (Lipinski definition) is 2. The third-order valence-corrected chi connectivity index (χ3v) is 2.13. The Balaban J connectivity index is 4.09. The van der Waals surface area contributed by atoms with Gasteiger partial charge in [0.2, 0.25) is 0 Å². The molecule has 0 fully saturated rings. The van der Waals surface area contributed by atoms with E-state index in [9.17, 15) is 9.59 Å². The summed E-state index contributed by atoms with van der Waals surface area (Å²) < 4.78 is 0. The minimum Gasteiger partial charge on any atom is -0.481 e. The fourth-order valence-electron chi connectivity index (χ4n) is 1.09. The maximum Gasteiger partial charge on any atom is 0.315 e. The molecule has 1 unspecified atom stereocenters. The number of nitrogens with one attached hydrogen (secondary N) is 2. The first-order valence-electron chi connectivity index (χ1n) is 5.20. The molecule has 0 aromatic rings. The van der Waals surface area contributed by atoms with Gasteiger partial charge >= 0.3 is 12.0 Å². The van der Waals surface area contributed by atoms with E-state index in [1.165, 1.54) is 0 Å². The highest BCUT2D eigenvalue weighted by Gasteiger charge is 2.21. The molecule has 0 spiro atoms. The minimum atomic E-state index is -0.866. The molecule has 3 N–H and O–H groups in total. The summed E-state index contributed by atoms with van der Waals surface area (Å²) in [6.07, 6.45) is 2.03. The smallest absolute Gasteiger partial charge is 0.315 e. The minimum absolute atomic E-state index is 0.0320. The van der Waals surface area contributed by atoms with Crippen LogP contribution in [0.5, 0.6) is 0 Å². The van der Waals surface area contributed by atoms with Gasteiger partial charge in [0.1, 0.15) is 0 Å². The highest BCUT2D eigenvalue weighted by Crippen LogP contribution is 2.10. The van der Waals surface area contributed by atoms with E-state index in [0.717, 1.165) is 0 Å². The summed E-state index contributed by atoms with van der Waals surface area (Å²) in [5, 5.41) is 13.9. The second kappa shape index (κ2) is 6.15. The van der Waals surface area contributed by atoms with Gasteiger partial charge in [0, 0.05) is 18.0 Å². The molecular weight excluding hydrogens is 208 g/mol. The quantitative estimate of drug-likeness (QED) is 0.603. The number of carboxylic acids is 1. The van der Waals surface area contributed by atoms with E-state index in [-0.39, 0.29) is 18.5 Å². The lowest BCUT2D eigenvalue weighted by atomic mass is 9.99. The number of aliphatic carboxylic acids is 1. The lowest BCUT2D eigenvalue weighted by molar-refractivity contribution is -0.137. The zero-order valence-corrected chi connectivity index (χ0v) is 10.0. The topological polar surface area (TPSA) is 78.4 Å². The van der Waals surface area contributed by atoms with Gasteiger partial charge in [-0.2, -0.15) is 0 Å². The Hall–Kier alpha value is -1.52. The van der Waals surface area contributed by atoms with Crippen LogP contribution in [0.4, 0.5) is 4.79 Å². The summed E-state index contributed by atoms with van der Waals surface area (Å²) in [4.78, 5) is 21.9. The van der Waals surface area contributed by atoms with Gasteiger partial charge in [-0.05, 0) is 27.2 Å². The van der Waals surface area contributed by atoms with Gasteiger partial charge in [0.05, 0.1) is 0 Å². The first-order valence-corrected chi connectivity index (χ1v) is 5.20. The lowest BCUT2D eigenvalue weighted by Gasteiger charge is -2.26. The van der Waals surface area contributed by atoms with Crippen LogP contribution in [0.2, 0.25) is 0 Å². The van der Waals surface area contributed by atoms with Gasteiger partial charge in [-0.25, -0.2) is 4.79 Å². The molecule has 0 rings (SSSR count). The first-order chi connectivity index (χ1) is 7.26. The van der Waals surface area contributed by atoms with Crippen molar-refractivity contribution in [2.45, 2.75) is 45.2 Å². The molecule has 0 aromatic carbocycles. The molecule has 0 saturated carbocycles. The standard InChI is InChI=1S/C11H20N2O3/c1-5-8(2)12-10(16)13-11(3,4)7-6-9(14)15/h5,8H,1,6-7H2,2-4H3,(H,14,15)(H2,12,13,16). The van der Waals surface area contributed by atoms with Crippen LogP contribution >= 0.6 is 0 Å². The second-order valence-corrected chi connectivity index (χ2v) is 4.40. The Kier molecular flexibility index (Phi) is 5.56. The van der Waals surface area contributed by atoms with Crippen molar-refractivity contribution in [2.75, 3.05) is 0 Å². The summed E-state index contributed by atoms with van der Waals surface area (Å²) in [5.41, 5.74) is -0.538. The number of carbonyl (C=O) groups is 2. The highest BCUT2D eigenvalue weighted by atomic mass is 16.4. The number of amides is 2. The molecule has 5 nitrogen and oxygen atoms in total. The molecule has 0 aromatic heterocycles. The van der Waals surface area contributed by atoms with Crippen LogP contribution in [-0.2, 0) is 4.79 Å². The third kappa shape index (κ3) is 6.86. The number of rotatable bonds is 6. The zero-order valence-electron chi connectivity index (χ0n) is 10.0. The molecule has 0 saturated heterocycles. The summed E-state index contributed by atoms with van der Waals surface area (Å²) in [6, 6.07) is -0.432. The van der Waals surface area contributed by atoms with Gasteiger partial charge in [-0.3, -0.25) is 4.79 Å². The van der Waals surface area contributed by atoms with Crippen LogP contribution in [0.1, 0.15) is 33.6 Å². The fraction of sp³-hybridized carbons (Fsp3) is 0.636. The molecule has 0 aliphatic carbocycles. The molecule has 5 heteroatoms. The number of hydrogen-bond donors (Lipinski definition) is 3. The third-order valence-electron chi connectivity index (χ3n) is 2.13. The van der Waals surface area contributed by atoms with E-state index in [1.807, 2.05) is 0 Å². The van der Waals surface area contributed by atoms with Crippen molar-refractivity contribution in [3.63, 3.8) is 0 Å². The SMILES string of the molecule is C=CC(C)NC(=O)NC(C)(C)CCC(=O)O. The van der Waals surface area contributed by atoms with Crippen molar-refractivity contribution in [3.8, 4) is 0 Å². The summed E-state index contributed by atoms with van der Waals surface area (Å²) in [7, 11) is 0. The molecule has 0 heterocycles. The lowest BCUT2D eigenvalue weighted by Crippen LogP contribution is -2.50. The molecule has 0 radical (unpaired) electrons. The van der Waals surface area contributed by atoms with Crippen LogP contribution in [-0.4, -0.2) is 28.7 Å². The Morgan fingerprint density at radius 1 is 1.50 bits per heavy atom. The zero-order chi connectivity index (χ0) is 12.8. The number of urea groups is 1. The predicted molar refractivity (Wildman–Crippen MR) is 62.3 cm³/mol. The predicted octanol–water partition coefficient (Wildman–Crippen LogP) is 1.50. The Bertz CT molecular complexity index is 274. The molecule has 1 atom stereocenters. The molecule has 2 amide bonds.